The molecule has 110 valence electrons. The Morgan fingerprint density at radius 3 is 2.90 bits per heavy atom. The molecule has 0 bridgehead atoms. The van der Waals surface area contributed by atoms with Crippen LogP contribution >= 0.6 is 22.7 Å². The Kier molecular flexibility index (Phi) is 3.46. The Labute approximate surface area is 130 Å². The molecule has 3 aromatic rings. The van der Waals surface area contributed by atoms with Crippen molar-refractivity contribution in [3.05, 3.63) is 33.0 Å². The molecule has 3 N–H and O–H groups in total. The van der Waals surface area contributed by atoms with Crippen LogP contribution in [0.15, 0.2) is 16.8 Å². The van der Waals surface area contributed by atoms with E-state index >= 15 is 0 Å². The molecular weight excluding hydrogens is 304 g/mol. The van der Waals surface area contributed by atoms with Crippen LogP contribution < -0.4 is 11.1 Å². The van der Waals surface area contributed by atoms with E-state index in [1.165, 1.54) is 11.3 Å². The van der Waals surface area contributed by atoms with Crippen molar-refractivity contribution in [3.8, 4) is 0 Å². The molecule has 1 unspecified atom stereocenters. The summed E-state index contributed by atoms with van der Waals surface area (Å²) in [7, 11) is 1.86. The zero-order chi connectivity index (χ0) is 15.1. The Morgan fingerprint density at radius 2 is 2.29 bits per heavy atom. The van der Waals surface area contributed by atoms with E-state index in [0.717, 1.165) is 21.5 Å². The van der Waals surface area contributed by atoms with Gasteiger partial charge in [-0.25, -0.2) is 0 Å². The highest BCUT2D eigenvalue weighted by Gasteiger charge is 2.22. The van der Waals surface area contributed by atoms with Gasteiger partial charge >= 0.3 is 0 Å². The van der Waals surface area contributed by atoms with E-state index in [0.29, 0.717) is 10.6 Å². The van der Waals surface area contributed by atoms with Crippen LogP contribution in [0.5, 0.6) is 0 Å². The zero-order valence-electron chi connectivity index (χ0n) is 12.0. The van der Waals surface area contributed by atoms with E-state index < -0.39 is 0 Å². The average molecular weight is 320 g/mol. The topological polar surface area (TPSA) is 72.9 Å². The lowest BCUT2D eigenvalue weighted by molar-refractivity contribution is 0.0945. The standard InChI is InChI=1S/C14H16N4OS2/c1-7(9-4-5-20-6-9)16-13(19)12-11(15)10-8(2)17-18(3)14(10)21-12/h4-7H,15H2,1-3H3,(H,16,19). The summed E-state index contributed by atoms with van der Waals surface area (Å²) in [6.07, 6.45) is 0. The van der Waals surface area contributed by atoms with Crippen molar-refractivity contribution in [1.82, 2.24) is 15.1 Å². The number of thiophene rings is 2. The molecule has 1 amide bonds. The number of nitrogens with zero attached hydrogens (tertiary/aromatic N) is 2. The largest absolute Gasteiger partial charge is 0.397 e. The summed E-state index contributed by atoms with van der Waals surface area (Å²) in [6.45, 7) is 3.87. The number of nitrogen functional groups attached to an aromatic ring is 1. The summed E-state index contributed by atoms with van der Waals surface area (Å²) in [6, 6.07) is 1.98. The fourth-order valence-corrected chi connectivity index (χ4v) is 4.21. The van der Waals surface area contributed by atoms with Gasteiger partial charge in [0.1, 0.15) is 9.71 Å². The van der Waals surface area contributed by atoms with Gasteiger partial charge in [0, 0.05) is 7.05 Å². The highest BCUT2D eigenvalue weighted by atomic mass is 32.1. The van der Waals surface area contributed by atoms with Gasteiger partial charge < -0.3 is 11.1 Å². The lowest BCUT2D eigenvalue weighted by Gasteiger charge is -2.12. The molecule has 0 saturated heterocycles. The van der Waals surface area contributed by atoms with Crippen molar-refractivity contribution in [2.45, 2.75) is 19.9 Å². The van der Waals surface area contributed by atoms with Gasteiger partial charge in [-0.2, -0.15) is 16.4 Å². The van der Waals surface area contributed by atoms with Crippen LogP contribution in [0.4, 0.5) is 5.69 Å². The first-order valence-electron chi connectivity index (χ1n) is 6.53. The van der Waals surface area contributed by atoms with E-state index in [2.05, 4.69) is 10.4 Å². The highest BCUT2D eigenvalue weighted by molar-refractivity contribution is 7.21. The number of carbonyl (C=O) groups excluding carboxylic acids is 1. The van der Waals surface area contributed by atoms with Crippen LogP contribution in [0.3, 0.4) is 0 Å². The zero-order valence-corrected chi connectivity index (χ0v) is 13.6. The molecule has 3 aromatic heterocycles. The number of nitrogens with one attached hydrogen (secondary N) is 1. The quantitative estimate of drug-likeness (QED) is 0.779. The monoisotopic (exact) mass is 320 g/mol. The van der Waals surface area contributed by atoms with Gasteiger partial charge in [0.15, 0.2) is 0 Å². The van der Waals surface area contributed by atoms with Gasteiger partial charge in [-0.05, 0) is 36.2 Å². The number of aryl methyl sites for hydroxylation is 2. The summed E-state index contributed by atoms with van der Waals surface area (Å²) in [5, 5.41) is 12.2. The molecule has 5 nitrogen and oxygen atoms in total. The second kappa shape index (κ2) is 5.16. The number of rotatable bonds is 3. The molecule has 0 spiro atoms. The smallest absolute Gasteiger partial charge is 0.264 e. The van der Waals surface area contributed by atoms with Crippen LogP contribution in [0.2, 0.25) is 0 Å². The van der Waals surface area contributed by atoms with Crippen molar-refractivity contribution in [3.63, 3.8) is 0 Å². The molecule has 0 radical (unpaired) electrons. The first-order valence-corrected chi connectivity index (χ1v) is 8.29. The van der Waals surface area contributed by atoms with E-state index in [1.807, 2.05) is 37.7 Å². The third kappa shape index (κ3) is 2.32. The maximum atomic E-state index is 12.5. The number of fused-ring (bicyclic) bond motifs is 1. The lowest BCUT2D eigenvalue weighted by atomic mass is 10.2. The first kappa shape index (κ1) is 14.1. The minimum Gasteiger partial charge on any atom is -0.397 e. The van der Waals surface area contributed by atoms with E-state index in [-0.39, 0.29) is 11.9 Å². The summed E-state index contributed by atoms with van der Waals surface area (Å²) in [5.41, 5.74) is 8.63. The molecule has 0 aromatic carbocycles. The van der Waals surface area contributed by atoms with Crippen LogP contribution in [0.25, 0.3) is 10.2 Å². The Bertz CT molecular complexity index is 801. The fourth-order valence-electron chi connectivity index (χ4n) is 2.36. The average Bonchev–Trinajstić information content (AvgIpc) is 3.10. The molecule has 3 heterocycles. The molecule has 3 rings (SSSR count). The third-order valence-electron chi connectivity index (χ3n) is 3.48. The van der Waals surface area contributed by atoms with E-state index in [1.54, 1.807) is 16.0 Å². The molecule has 7 heteroatoms. The van der Waals surface area contributed by atoms with Crippen molar-refractivity contribution in [2.75, 3.05) is 5.73 Å². The first-order chi connectivity index (χ1) is 9.99. The molecular formula is C14H16N4OS2. The molecule has 0 fully saturated rings. The van der Waals surface area contributed by atoms with Crippen LogP contribution in [-0.2, 0) is 7.05 Å². The van der Waals surface area contributed by atoms with Crippen molar-refractivity contribution >= 4 is 44.5 Å². The van der Waals surface area contributed by atoms with Gasteiger partial charge in [0.25, 0.3) is 5.91 Å². The number of anilines is 1. The Hall–Kier alpha value is -1.86. The molecule has 0 aliphatic carbocycles. The van der Waals surface area contributed by atoms with Crippen molar-refractivity contribution in [1.29, 1.82) is 0 Å². The number of aromatic nitrogens is 2. The van der Waals surface area contributed by atoms with Gasteiger partial charge in [-0.3, -0.25) is 9.48 Å². The van der Waals surface area contributed by atoms with Gasteiger partial charge in [-0.1, -0.05) is 0 Å². The van der Waals surface area contributed by atoms with Gasteiger partial charge in [-0.15, -0.1) is 11.3 Å². The fraction of sp³-hybridized carbons (Fsp3) is 0.286. The summed E-state index contributed by atoms with van der Waals surface area (Å²) in [4.78, 5) is 13.9. The number of hydrogen-bond acceptors (Lipinski definition) is 5. The number of nitrogens with two attached hydrogens (primary N) is 1. The minimum atomic E-state index is -0.133. The minimum absolute atomic E-state index is 0.0346. The predicted octanol–water partition coefficient (Wildman–Crippen LogP) is 3.08. The second-order valence-corrected chi connectivity index (χ2v) is 6.76. The molecule has 0 aliphatic rings. The molecule has 0 aliphatic heterocycles. The molecule has 1 atom stereocenters. The third-order valence-corrected chi connectivity index (χ3v) is 5.45. The summed E-state index contributed by atoms with van der Waals surface area (Å²) in [5.74, 6) is -0.133. The van der Waals surface area contributed by atoms with E-state index in [4.69, 9.17) is 5.73 Å². The summed E-state index contributed by atoms with van der Waals surface area (Å²) < 4.78 is 1.77. The number of amides is 1. The lowest BCUT2D eigenvalue weighted by Crippen LogP contribution is -2.26. The molecule has 21 heavy (non-hydrogen) atoms. The number of hydrogen-bond donors (Lipinski definition) is 2. The summed E-state index contributed by atoms with van der Waals surface area (Å²) >= 11 is 3.00. The maximum absolute atomic E-state index is 12.5. The normalized spacial score (nSPS) is 12.7. The second-order valence-electron chi connectivity index (χ2n) is 4.99. The van der Waals surface area contributed by atoms with Crippen molar-refractivity contribution in [2.24, 2.45) is 7.05 Å². The number of carbonyl (C=O) groups is 1. The van der Waals surface area contributed by atoms with Crippen LogP contribution in [0, 0.1) is 6.92 Å². The van der Waals surface area contributed by atoms with Gasteiger partial charge in [0.05, 0.1) is 22.8 Å². The molecule has 0 saturated carbocycles. The van der Waals surface area contributed by atoms with Crippen molar-refractivity contribution < 1.29 is 4.79 Å². The highest BCUT2D eigenvalue weighted by Crippen LogP contribution is 2.35. The predicted molar refractivity (Wildman–Crippen MR) is 87.9 cm³/mol. The van der Waals surface area contributed by atoms with Crippen LogP contribution in [-0.4, -0.2) is 15.7 Å². The van der Waals surface area contributed by atoms with E-state index in [9.17, 15) is 4.79 Å². The van der Waals surface area contributed by atoms with Crippen LogP contribution in [0.1, 0.15) is 33.9 Å². The maximum Gasteiger partial charge on any atom is 0.264 e. The Balaban J connectivity index is 1.91. The Morgan fingerprint density at radius 1 is 1.52 bits per heavy atom. The van der Waals surface area contributed by atoms with Gasteiger partial charge in [0.2, 0.25) is 0 Å². The SMILES string of the molecule is Cc1nn(C)c2sc(C(=O)NC(C)c3ccsc3)c(N)c12.